The van der Waals surface area contributed by atoms with Crippen molar-refractivity contribution in [2.45, 2.75) is 71.0 Å². The lowest BCUT2D eigenvalue weighted by molar-refractivity contribution is -0.0847. The topological polar surface area (TPSA) is 68.4 Å². The van der Waals surface area contributed by atoms with Crippen molar-refractivity contribution in [2.24, 2.45) is 5.92 Å². The van der Waals surface area contributed by atoms with Crippen molar-refractivity contribution in [1.29, 1.82) is 0 Å². The van der Waals surface area contributed by atoms with Crippen LogP contribution in [0.4, 0.5) is 0 Å². The molecule has 5 heteroatoms. The number of ether oxygens (including phenoxy) is 1. The largest absolute Gasteiger partial charge is 0.393 e. The fraction of sp³-hybridized carbons (Fsp3) is 0.867. The van der Waals surface area contributed by atoms with Crippen molar-refractivity contribution in [3.05, 3.63) is 11.7 Å². The molecule has 0 saturated heterocycles. The Hall–Kier alpha value is -0.940. The van der Waals surface area contributed by atoms with Gasteiger partial charge in [0.2, 0.25) is 11.7 Å². The van der Waals surface area contributed by atoms with E-state index >= 15 is 0 Å². The first-order valence-corrected chi connectivity index (χ1v) is 7.71. The predicted molar refractivity (Wildman–Crippen MR) is 75.2 cm³/mol. The first-order chi connectivity index (χ1) is 9.55. The molecule has 1 fully saturated rings. The normalized spacial score (nSPS) is 28.5. The molecule has 1 heterocycles. The molecule has 2 rings (SSSR count). The smallest absolute Gasteiger partial charge is 0.226 e. The van der Waals surface area contributed by atoms with Crippen LogP contribution in [-0.4, -0.2) is 28.0 Å². The van der Waals surface area contributed by atoms with Crippen molar-refractivity contribution >= 4 is 0 Å². The Kier molecular flexibility index (Phi) is 5.16. The molecule has 1 aliphatic rings. The van der Waals surface area contributed by atoms with E-state index in [1.807, 2.05) is 6.92 Å². The number of aliphatic hydroxyl groups is 1. The third-order valence-electron chi connectivity index (χ3n) is 4.15. The highest BCUT2D eigenvalue weighted by molar-refractivity contribution is 5.04. The lowest BCUT2D eigenvalue weighted by atomic mass is 9.79. The molecule has 114 valence electrons. The minimum atomic E-state index is -0.367. The van der Waals surface area contributed by atoms with Crippen molar-refractivity contribution in [2.75, 3.05) is 6.61 Å². The fourth-order valence-electron chi connectivity index (χ4n) is 2.81. The maximum Gasteiger partial charge on any atom is 0.226 e. The molecular formula is C15H26N2O3. The van der Waals surface area contributed by atoms with Crippen molar-refractivity contribution in [3.8, 4) is 0 Å². The monoisotopic (exact) mass is 282 g/mol. The van der Waals surface area contributed by atoms with E-state index in [4.69, 9.17) is 9.26 Å². The summed E-state index contributed by atoms with van der Waals surface area (Å²) < 4.78 is 11.3. The lowest BCUT2D eigenvalue weighted by Gasteiger charge is -2.36. The highest BCUT2D eigenvalue weighted by Crippen LogP contribution is 2.41. The van der Waals surface area contributed by atoms with Gasteiger partial charge in [-0.05, 0) is 51.9 Å². The molecule has 0 spiro atoms. The third kappa shape index (κ3) is 3.58. The third-order valence-corrected chi connectivity index (χ3v) is 4.15. The van der Waals surface area contributed by atoms with Crippen LogP contribution in [0.1, 0.15) is 64.6 Å². The highest BCUT2D eigenvalue weighted by atomic mass is 16.5. The van der Waals surface area contributed by atoms with E-state index in [0.717, 1.165) is 31.6 Å². The molecule has 0 aromatic carbocycles. The van der Waals surface area contributed by atoms with Gasteiger partial charge in [0.1, 0.15) is 5.60 Å². The number of hydrogen-bond acceptors (Lipinski definition) is 5. The summed E-state index contributed by atoms with van der Waals surface area (Å²) in [5.41, 5.74) is -0.367. The van der Waals surface area contributed by atoms with Crippen LogP contribution < -0.4 is 0 Å². The summed E-state index contributed by atoms with van der Waals surface area (Å²) in [6, 6.07) is 0. The standard InChI is InChI=1S/C15H26N2O3/c1-4-19-15(9-7-11(2)8-10-15)14-16-13(20-17-14)6-5-12(3)18/h11-12,18H,4-10H2,1-3H3. The molecule has 20 heavy (non-hydrogen) atoms. The SMILES string of the molecule is CCOC1(c2noc(CCC(C)O)n2)CCC(C)CC1. The Morgan fingerprint density at radius 3 is 2.75 bits per heavy atom. The zero-order chi connectivity index (χ0) is 14.6. The van der Waals surface area contributed by atoms with Gasteiger partial charge in [0.05, 0.1) is 6.10 Å². The van der Waals surface area contributed by atoms with E-state index < -0.39 is 0 Å². The molecule has 1 aromatic rings. The number of aromatic nitrogens is 2. The van der Waals surface area contributed by atoms with E-state index in [-0.39, 0.29) is 11.7 Å². The number of nitrogens with zero attached hydrogens (tertiary/aromatic N) is 2. The van der Waals surface area contributed by atoms with Crippen LogP contribution in [0, 0.1) is 5.92 Å². The van der Waals surface area contributed by atoms with Crippen LogP contribution in [0.2, 0.25) is 0 Å². The first-order valence-electron chi connectivity index (χ1n) is 7.71. The highest BCUT2D eigenvalue weighted by Gasteiger charge is 2.40. The Labute approximate surface area is 120 Å². The zero-order valence-electron chi connectivity index (χ0n) is 12.8. The quantitative estimate of drug-likeness (QED) is 0.869. The number of rotatable bonds is 6. The van der Waals surface area contributed by atoms with Gasteiger partial charge in [0, 0.05) is 13.0 Å². The van der Waals surface area contributed by atoms with E-state index in [2.05, 4.69) is 17.1 Å². The number of aliphatic hydroxyl groups excluding tert-OH is 1. The van der Waals surface area contributed by atoms with Crippen LogP contribution in [0.15, 0.2) is 4.52 Å². The second kappa shape index (κ2) is 6.68. The lowest BCUT2D eigenvalue weighted by Crippen LogP contribution is -2.35. The Morgan fingerprint density at radius 1 is 1.45 bits per heavy atom. The van der Waals surface area contributed by atoms with Gasteiger partial charge in [-0.1, -0.05) is 12.1 Å². The van der Waals surface area contributed by atoms with Gasteiger partial charge in [0.25, 0.3) is 0 Å². The van der Waals surface area contributed by atoms with Gasteiger partial charge in [-0.25, -0.2) is 0 Å². The van der Waals surface area contributed by atoms with E-state index in [1.54, 1.807) is 6.92 Å². The van der Waals surface area contributed by atoms with Gasteiger partial charge in [-0.15, -0.1) is 0 Å². The molecule has 5 nitrogen and oxygen atoms in total. The molecule has 1 atom stereocenters. The summed E-state index contributed by atoms with van der Waals surface area (Å²) in [6.07, 6.45) is 5.09. The molecule has 1 aromatic heterocycles. The molecule has 0 aliphatic heterocycles. The Balaban J connectivity index is 2.09. The van der Waals surface area contributed by atoms with E-state index in [9.17, 15) is 5.11 Å². The minimum absolute atomic E-state index is 0.346. The van der Waals surface area contributed by atoms with Crippen molar-refractivity contribution in [1.82, 2.24) is 10.1 Å². The minimum Gasteiger partial charge on any atom is -0.393 e. The molecule has 1 unspecified atom stereocenters. The Bertz CT molecular complexity index is 409. The molecule has 1 aliphatic carbocycles. The average Bonchev–Trinajstić information content (AvgIpc) is 2.89. The number of hydrogen-bond donors (Lipinski definition) is 1. The fourth-order valence-corrected chi connectivity index (χ4v) is 2.81. The Morgan fingerprint density at radius 2 is 2.15 bits per heavy atom. The zero-order valence-corrected chi connectivity index (χ0v) is 12.8. The maximum absolute atomic E-state index is 9.32. The van der Waals surface area contributed by atoms with Crippen LogP contribution in [-0.2, 0) is 16.8 Å². The summed E-state index contributed by atoms with van der Waals surface area (Å²) in [7, 11) is 0. The molecule has 0 amide bonds. The first kappa shape index (κ1) is 15.4. The van der Waals surface area contributed by atoms with E-state index in [0.29, 0.717) is 31.2 Å². The average molecular weight is 282 g/mol. The second-order valence-corrected chi connectivity index (χ2v) is 6.01. The molecular weight excluding hydrogens is 256 g/mol. The van der Waals surface area contributed by atoms with Crippen molar-refractivity contribution in [3.63, 3.8) is 0 Å². The van der Waals surface area contributed by atoms with Gasteiger partial charge in [-0.3, -0.25) is 0 Å². The van der Waals surface area contributed by atoms with E-state index in [1.165, 1.54) is 0 Å². The summed E-state index contributed by atoms with van der Waals surface area (Å²) in [6.45, 7) is 6.71. The van der Waals surface area contributed by atoms with Gasteiger partial charge >= 0.3 is 0 Å². The summed E-state index contributed by atoms with van der Waals surface area (Å²) >= 11 is 0. The van der Waals surface area contributed by atoms with Crippen LogP contribution in [0.25, 0.3) is 0 Å². The number of aryl methyl sites for hydroxylation is 1. The van der Waals surface area contributed by atoms with Gasteiger partial charge in [0.15, 0.2) is 0 Å². The molecule has 1 saturated carbocycles. The second-order valence-electron chi connectivity index (χ2n) is 6.01. The van der Waals surface area contributed by atoms with Crippen molar-refractivity contribution < 1.29 is 14.4 Å². The summed E-state index contributed by atoms with van der Waals surface area (Å²) in [5.74, 6) is 2.02. The molecule has 1 N–H and O–H groups in total. The van der Waals surface area contributed by atoms with Gasteiger partial charge < -0.3 is 14.4 Å². The van der Waals surface area contributed by atoms with Crippen LogP contribution in [0.3, 0.4) is 0 Å². The predicted octanol–water partition coefficient (Wildman–Crippen LogP) is 2.82. The van der Waals surface area contributed by atoms with Crippen LogP contribution >= 0.6 is 0 Å². The summed E-state index contributed by atoms with van der Waals surface area (Å²) in [5, 5.41) is 13.5. The van der Waals surface area contributed by atoms with Gasteiger partial charge in [-0.2, -0.15) is 4.98 Å². The summed E-state index contributed by atoms with van der Waals surface area (Å²) in [4.78, 5) is 4.51. The molecule has 0 radical (unpaired) electrons. The maximum atomic E-state index is 9.32. The molecule has 0 bridgehead atoms. The van der Waals surface area contributed by atoms with Crippen LogP contribution in [0.5, 0.6) is 0 Å².